The first-order valence-electron chi connectivity index (χ1n) is 5.71. The fourth-order valence-corrected chi connectivity index (χ4v) is 2.76. The Hall–Kier alpha value is -2.01. The zero-order chi connectivity index (χ0) is 12.5. The summed E-state index contributed by atoms with van der Waals surface area (Å²) in [5.41, 5.74) is 3.80. The molecule has 0 aliphatic rings. The van der Waals surface area contributed by atoms with E-state index in [9.17, 15) is 4.79 Å². The lowest BCUT2D eigenvalue weighted by molar-refractivity contribution is 1.17. The molecular formula is C13H13N3OS. The highest BCUT2D eigenvalue weighted by Gasteiger charge is 2.02. The standard InChI is InChI=1S/C13H13N3OS/c1-8-4-5-18-12(8)7-14-9-2-3-10-11(6-9)16-13(17)15-10/h2-6,14H,7H2,1H3,(H2,15,16,17). The van der Waals surface area contributed by atoms with Gasteiger partial charge in [-0.3, -0.25) is 0 Å². The summed E-state index contributed by atoms with van der Waals surface area (Å²) in [7, 11) is 0. The van der Waals surface area contributed by atoms with Gasteiger partial charge in [-0.2, -0.15) is 0 Å². The van der Waals surface area contributed by atoms with Crippen molar-refractivity contribution in [2.45, 2.75) is 13.5 Å². The third-order valence-corrected chi connectivity index (χ3v) is 3.96. The number of H-pyrrole nitrogens is 2. The number of aromatic amines is 2. The van der Waals surface area contributed by atoms with Crippen LogP contribution < -0.4 is 11.0 Å². The smallest absolute Gasteiger partial charge is 0.323 e. The number of imidazole rings is 1. The third kappa shape index (κ3) is 2.04. The molecule has 0 amide bonds. The summed E-state index contributed by atoms with van der Waals surface area (Å²) in [5, 5.41) is 5.46. The Morgan fingerprint density at radius 2 is 2.06 bits per heavy atom. The Labute approximate surface area is 108 Å². The molecule has 0 aliphatic heterocycles. The molecule has 0 unspecified atom stereocenters. The van der Waals surface area contributed by atoms with Crippen LogP contribution in [0.25, 0.3) is 11.0 Å². The lowest BCUT2D eigenvalue weighted by Crippen LogP contribution is -1.99. The van der Waals surface area contributed by atoms with Crippen molar-refractivity contribution in [3.8, 4) is 0 Å². The molecule has 0 saturated heterocycles. The zero-order valence-corrected chi connectivity index (χ0v) is 10.7. The number of thiophene rings is 1. The Bertz CT molecular complexity index is 738. The minimum absolute atomic E-state index is 0.170. The molecule has 3 N–H and O–H groups in total. The number of hydrogen-bond donors (Lipinski definition) is 3. The first kappa shape index (κ1) is 11.1. The van der Waals surface area contributed by atoms with Gasteiger partial charge in [0.15, 0.2) is 0 Å². The van der Waals surface area contributed by atoms with Crippen molar-refractivity contribution in [3.63, 3.8) is 0 Å². The summed E-state index contributed by atoms with van der Waals surface area (Å²) < 4.78 is 0. The van der Waals surface area contributed by atoms with Crippen molar-refractivity contribution >= 4 is 28.1 Å². The van der Waals surface area contributed by atoms with Crippen molar-refractivity contribution in [2.75, 3.05) is 5.32 Å². The average Bonchev–Trinajstić information content (AvgIpc) is 2.90. The number of hydrogen-bond acceptors (Lipinski definition) is 3. The molecule has 3 rings (SSSR count). The number of anilines is 1. The van der Waals surface area contributed by atoms with Crippen molar-refractivity contribution in [1.29, 1.82) is 0 Å². The average molecular weight is 259 g/mol. The molecule has 2 heterocycles. The molecule has 18 heavy (non-hydrogen) atoms. The van der Waals surface area contributed by atoms with Crippen LogP contribution in [0.4, 0.5) is 5.69 Å². The molecule has 0 fully saturated rings. The van der Waals surface area contributed by atoms with E-state index in [-0.39, 0.29) is 5.69 Å². The molecule has 1 aromatic carbocycles. The van der Waals surface area contributed by atoms with Crippen LogP contribution in [-0.4, -0.2) is 9.97 Å². The summed E-state index contributed by atoms with van der Waals surface area (Å²) in [4.78, 5) is 18.0. The first-order chi connectivity index (χ1) is 8.72. The monoisotopic (exact) mass is 259 g/mol. The van der Waals surface area contributed by atoms with Gasteiger partial charge in [0.1, 0.15) is 0 Å². The normalized spacial score (nSPS) is 10.9. The van der Waals surface area contributed by atoms with Gasteiger partial charge in [-0.25, -0.2) is 4.79 Å². The molecule has 3 aromatic rings. The summed E-state index contributed by atoms with van der Waals surface area (Å²) >= 11 is 1.75. The topological polar surface area (TPSA) is 60.7 Å². The largest absolute Gasteiger partial charge is 0.380 e. The molecule has 0 atom stereocenters. The molecule has 0 aliphatic carbocycles. The van der Waals surface area contributed by atoms with Gasteiger partial charge in [0.2, 0.25) is 0 Å². The lowest BCUT2D eigenvalue weighted by Gasteiger charge is -2.05. The van der Waals surface area contributed by atoms with E-state index in [1.165, 1.54) is 10.4 Å². The maximum atomic E-state index is 11.2. The van der Waals surface area contributed by atoms with E-state index < -0.39 is 0 Å². The highest BCUT2D eigenvalue weighted by Crippen LogP contribution is 2.19. The molecule has 0 spiro atoms. The van der Waals surface area contributed by atoms with Crippen LogP contribution in [0.5, 0.6) is 0 Å². The van der Waals surface area contributed by atoms with E-state index in [4.69, 9.17) is 0 Å². The Morgan fingerprint density at radius 3 is 2.83 bits per heavy atom. The maximum Gasteiger partial charge on any atom is 0.323 e. The lowest BCUT2D eigenvalue weighted by atomic mass is 10.2. The van der Waals surface area contributed by atoms with Crippen LogP contribution >= 0.6 is 11.3 Å². The summed E-state index contributed by atoms with van der Waals surface area (Å²) in [6.45, 7) is 2.92. The number of benzene rings is 1. The second kappa shape index (κ2) is 4.34. The fourth-order valence-electron chi connectivity index (χ4n) is 1.91. The van der Waals surface area contributed by atoms with Crippen LogP contribution in [0.15, 0.2) is 34.4 Å². The predicted octanol–water partition coefficient (Wildman–Crippen LogP) is 2.84. The highest BCUT2D eigenvalue weighted by atomic mass is 32.1. The van der Waals surface area contributed by atoms with E-state index in [0.717, 1.165) is 23.3 Å². The second-order valence-corrected chi connectivity index (χ2v) is 5.22. The fraction of sp³-hybridized carbons (Fsp3) is 0.154. The van der Waals surface area contributed by atoms with Gasteiger partial charge in [0.05, 0.1) is 11.0 Å². The molecule has 2 aromatic heterocycles. The van der Waals surface area contributed by atoms with Crippen molar-refractivity contribution in [1.82, 2.24) is 9.97 Å². The van der Waals surface area contributed by atoms with Gasteiger partial charge in [-0.1, -0.05) is 0 Å². The second-order valence-electron chi connectivity index (χ2n) is 4.22. The number of fused-ring (bicyclic) bond motifs is 1. The number of nitrogens with one attached hydrogen (secondary N) is 3. The summed E-state index contributed by atoms with van der Waals surface area (Å²) in [6.07, 6.45) is 0. The molecular weight excluding hydrogens is 246 g/mol. The zero-order valence-electron chi connectivity index (χ0n) is 9.91. The van der Waals surface area contributed by atoms with E-state index in [1.807, 2.05) is 18.2 Å². The first-order valence-corrected chi connectivity index (χ1v) is 6.59. The molecule has 0 radical (unpaired) electrons. The van der Waals surface area contributed by atoms with E-state index in [0.29, 0.717) is 0 Å². The molecule has 0 bridgehead atoms. The van der Waals surface area contributed by atoms with Gasteiger partial charge in [-0.05, 0) is 42.1 Å². The Kier molecular flexibility index (Phi) is 2.68. The Morgan fingerprint density at radius 1 is 1.22 bits per heavy atom. The molecule has 0 saturated carbocycles. The van der Waals surface area contributed by atoms with Gasteiger partial charge in [-0.15, -0.1) is 11.3 Å². The third-order valence-electron chi connectivity index (χ3n) is 2.94. The number of aryl methyl sites for hydroxylation is 1. The summed E-state index contributed by atoms with van der Waals surface area (Å²) in [5.74, 6) is 0. The van der Waals surface area contributed by atoms with Gasteiger partial charge >= 0.3 is 5.69 Å². The van der Waals surface area contributed by atoms with E-state index in [1.54, 1.807) is 11.3 Å². The quantitative estimate of drug-likeness (QED) is 0.677. The van der Waals surface area contributed by atoms with Crippen LogP contribution in [0.1, 0.15) is 10.4 Å². The molecule has 4 nitrogen and oxygen atoms in total. The van der Waals surface area contributed by atoms with Crippen molar-refractivity contribution < 1.29 is 0 Å². The van der Waals surface area contributed by atoms with Gasteiger partial charge in [0, 0.05) is 17.1 Å². The van der Waals surface area contributed by atoms with E-state index in [2.05, 4.69) is 33.7 Å². The highest BCUT2D eigenvalue weighted by molar-refractivity contribution is 7.10. The van der Waals surface area contributed by atoms with Gasteiger partial charge in [0.25, 0.3) is 0 Å². The predicted molar refractivity (Wildman–Crippen MR) is 75.3 cm³/mol. The minimum Gasteiger partial charge on any atom is -0.380 e. The van der Waals surface area contributed by atoms with Gasteiger partial charge < -0.3 is 15.3 Å². The SMILES string of the molecule is Cc1ccsc1CNc1ccc2[nH]c(=O)[nH]c2c1. The number of aromatic nitrogens is 2. The van der Waals surface area contributed by atoms with Crippen LogP contribution in [0, 0.1) is 6.92 Å². The Balaban J connectivity index is 1.82. The van der Waals surface area contributed by atoms with Crippen molar-refractivity contribution in [3.05, 3.63) is 50.6 Å². The van der Waals surface area contributed by atoms with Crippen LogP contribution in [0.3, 0.4) is 0 Å². The van der Waals surface area contributed by atoms with Crippen molar-refractivity contribution in [2.24, 2.45) is 0 Å². The van der Waals surface area contributed by atoms with Crippen LogP contribution in [0.2, 0.25) is 0 Å². The number of rotatable bonds is 3. The minimum atomic E-state index is -0.170. The summed E-state index contributed by atoms with van der Waals surface area (Å²) in [6, 6.07) is 7.93. The maximum absolute atomic E-state index is 11.2. The van der Waals surface area contributed by atoms with Crippen LogP contribution in [-0.2, 0) is 6.54 Å². The van der Waals surface area contributed by atoms with E-state index >= 15 is 0 Å². The molecule has 92 valence electrons. The molecule has 5 heteroatoms.